The Hall–Kier alpha value is -1.52. The number of hydrogen-bond donors (Lipinski definition) is 2. The van der Waals surface area contributed by atoms with Gasteiger partial charge in [0.2, 0.25) is 0 Å². The molecule has 0 bridgehead atoms. The van der Waals surface area contributed by atoms with Gasteiger partial charge < -0.3 is 5.11 Å². The molecule has 0 spiro atoms. The van der Waals surface area contributed by atoms with Crippen LogP contribution in [0.1, 0.15) is 26.0 Å². The number of H-pyrrole nitrogens is 1. The van der Waals surface area contributed by atoms with Crippen molar-refractivity contribution in [3.05, 3.63) is 22.1 Å². The third kappa shape index (κ3) is 2.04. The van der Waals surface area contributed by atoms with Crippen LogP contribution in [0.15, 0.2) is 10.9 Å². The monoisotopic (exact) mass is 198 g/mol. The molecule has 0 saturated carbocycles. The molecule has 0 aliphatic rings. The number of aromatic amines is 1. The molecule has 78 valence electrons. The lowest BCUT2D eigenvalue weighted by molar-refractivity contribution is -0.138. The minimum atomic E-state index is -0.875. The van der Waals surface area contributed by atoms with Gasteiger partial charge in [0.05, 0.1) is 6.42 Å². The second-order valence-electron chi connectivity index (χ2n) is 4.02. The number of carboxylic acids is 1. The molecule has 5 nitrogen and oxygen atoms in total. The molecule has 0 radical (unpaired) electrons. The van der Waals surface area contributed by atoms with E-state index in [0.29, 0.717) is 5.69 Å². The average Bonchev–Trinajstić information content (AvgIpc) is 2.30. The maximum Gasteiger partial charge on any atom is 0.304 e. The van der Waals surface area contributed by atoms with Crippen LogP contribution < -0.4 is 5.56 Å². The summed E-state index contributed by atoms with van der Waals surface area (Å²) in [6.07, 6.45) is -0.00699. The predicted octanol–water partition coefficient (Wildman–Crippen LogP) is 0.466. The number of carboxylic acid groups (broad SMARTS) is 1. The van der Waals surface area contributed by atoms with Crippen LogP contribution in [0.2, 0.25) is 0 Å². The van der Waals surface area contributed by atoms with E-state index in [9.17, 15) is 9.59 Å². The van der Waals surface area contributed by atoms with Gasteiger partial charge in [-0.3, -0.25) is 19.4 Å². The van der Waals surface area contributed by atoms with Crippen molar-refractivity contribution in [2.24, 2.45) is 7.05 Å². The van der Waals surface area contributed by atoms with E-state index >= 15 is 0 Å². The lowest BCUT2D eigenvalue weighted by atomic mass is 9.86. The fourth-order valence-corrected chi connectivity index (χ4v) is 1.31. The Bertz CT molecular complexity index is 400. The number of rotatable bonds is 3. The molecule has 1 rings (SSSR count). The lowest BCUT2D eigenvalue weighted by Crippen LogP contribution is -2.22. The topological polar surface area (TPSA) is 75.1 Å². The highest BCUT2D eigenvalue weighted by molar-refractivity contribution is 5.68. The predicted molar refractivity (Wildman–Crippen MR) is 51.3 cm³/mol. The maximum atomic E-state index is 11.2. The molecule has 0 fully saturated rings. The molecule has 1 aromatic heterocycles. The Balaban J connectivity index is 3.03. The van der Waals surface area contributed by atoms with Crippen molar-refractivity contribution in [2.45, 2.75) is 25.7 Å². The Labute approximate surface area is 81.3 Å². The van der Waals surface area contributed by atoms with E-state index < -0.39 is 11.4 Å². The Kier molecular flexibility index (Phi) is 2.51. The summed E-state index contributed by atoms with van der Waals surface area (Å²) in [5, 5.41) is 11.5. The largest absolute Gasteiger partial charge is 0.481 e. The standard InChI is InChI=1S/C9H14N2O3/c1-9(2,5-8(13)14)6-4-7(12)11(3)10-6/h4,10H,5H2,1-3H3,(H,13,14). The molecular formula is C9H14N2O3. The SMILES string of the molecule is Cn1[nH]c(C(C)(C)CC(=O)O)cc1=O. The molecule has 5 heteroatoms. The molecule has 0 atom stereocenters. The van der Waals surface area contributed by atoms with Crippen LogP contribution in [-0.2, 0) is 17.3 Å². The van der Waals surface area contributed by atoms with Gasteiger partial charge >= 0.3 is 5.97 Å². The highest BCUT2D eigenvalue weighted by Gasteiger charge is 2.26. The quantitative estimate of drug-likeness (QED) is 0.741. The number of aryl methyl sites for hydroxylation is 1. The van der Waals surface area contributed by atoms with Gasteiger partial charge in [0.15, 0.2) is 0 Å². The van der Waals surface area contributed by atoms with Gasteiger partial charge in [-0.25, -0.2) is 0 Å². The zero-order chi connectivity index (χ0) is 10.9. The second-order valence-corrected chi connectivity index (χ2v) is 4.02. The number of nitrogens with one attached hydrogen (secondary N) is 1. The minimum absolute atomic E-state index is 0.00699. The summed E-state index contributed by atoms with van der Waals surface area (Å²) in [7, 11) is 1.60. The number of nitrogens with zero attached hydrogens (tertiary/aromatic N) is 1. The summed E-state index contributed by atoms with van der Waals surface area (Å²) in [5.74, 6) is -0.875. The normalized spacial score (nSPS) is 11.6. The van der Waals surface area contributed by atoms with Gasteiger partial charge in [0.25, 0.3) is 5.56 Å². The van der Waals surface area contributed by atoms with Crippen molar-refractivity contribution in [3.63, 3.8) is 0 Å². The molecule has 0 amide bonds. The summed E-state index contributed by atoms with van der Waals surface area (Å²) in [4.78, 5) is 21.7. The third-order valence-electron chi connectivity index (χ3n) is 2.21. The van der Waals surface area contributed by atoms with Crippen LogP contribution in [0.5, 0.6) is 0 Å². The number of aliphatic carboxylic acids is 1. The highest BCUT2D eigenvalue weighted by atomic mass is 16.4. The van der Waals surface area contributed by atoms with Gasteiger partial charge in [-0.15, -0.1) is 0 Å². The molecule has 0 aromatic carbocycles. The van der Waals surface area contributed by atoms with Crippen molar-refractivity contribution >= 4 is 5.97 Å². The van der Waals surface area contributed by atoms with Crippen molar-refractivity contribution in [1.29, 1.82) is 0 Å². The molecule has 0 aliphatic heterocycles. The van der Waals surface area contributed by atoms with Crippen LogP contribution in [0.3, 0.4) is 0 Å². The summed E-state index contributed by atoms with van der Waals surface area (Å²) in [5.41, 5.74) is -0.0578. The van der Waals surface area contributed by atoms with E-state index in [2.05, 4.69) is 5.10 Å². The number of aromatic nitrogens is 2. The van der Waals surface area contributed by atoms with Crippen LogP contribution in [0.4, 0.5) is 0 Å². The molecule has 0 saturated heterocycles. The van der Waals surface area contributed by atoms with Crippen LogP contribution in [0.25, 0.3) is 0 Å². The molecule has 2 N–H and O–H groups in total. The molecule has 1 aromatic rings. The van der Waals surface area contributed by atoms with Gasteiger partial charge in [0.1, 0.15) is 0 Å². The summed E-state index contributed by atoms with van der Waals surface area (Å²) in [6.45, 7) is 3.57. The van der Waals surface area contributed by atoms with Gasteiger partial charge in [0, 0.05) is 24.2 Å². The van der Waals surface area contributed by atoms with E-state index in [-0.39, 0.29) is 12.0 Å². The first kappa shape index (κ1) is 10.6. The van der Waals surface area contributed by atoms with E-state index in [1.807, 2.05) is 0 Å². The maximum absolute atomic E-state index is 11.2. The Morgan fingerprint density at radius 3 is 2.57 bits per heavy atom. The van der Waals surface area contributed by atoms with Crippen molar-refractivity contribution in [2.75, 3.05) is 0 Å². The average molecular weight is 198 g/mol. The van der Waals surface area contributed by atoms with E-state index in [1.54, 1.807) is 20.9 Å². The summed E-state index contributed by atoms with van der Waals surface area (Å²) < 4.78 is 1.33. The fourth-order valence-electron chi connectivity index (χ4n) is 1.31. The minimum Gasteiger partial charge on any atom is -0.481 e. The molecule has 0 unspecified atom stereocenters. The Morgan fingerprint density at radius 1 is 1.64 bits per heavy atom. The van der Waals surface area contributed by atoms with Crippen molar-refractivity contribution in [3.8, 4) is 0 Å². The first-order valence-corrected chi connectivity index (χ1v) is 4.31. The van der Waals surface area contributed by atoms with Gasteiger partial charge in [-0.05, 0) is 0 Å². The van der Waals surface area contributed by atoms with Crippen molar-refractivity contribution in [1.82, 2.24) is 9.78 Å². The zero-order valence-corrected chi connectivity index (χ0v) is 8.50. The summed E-state index contributed by atoms with van der Waals surface area (Å²) in [6, 6.07) is 1.43. The van der Waals surface area contributed by atoms with Gasteiger partial charge in [-0.2, -0.15) is 0 Å². The highest BCUT2D eigenvalue weighted by Crippen LogP contribution is 2.23. The van der Waals surface area contributed by atoms with E-state index in [1.165, 1.54) is 10.7 Å². The second kappa shape index (κ2) is 3.32. The number of carbonyl (C=O) groups is 1. The molecule has 1 heterocycles. The van der Waals surface area contributed by atoms with E-state index in [4.69, 9.17) is 5.11 Å². The van der Waals surface area contributed by atoms with Gasteiger partial charge in [-0.1, -0.05) is 13.8 Å². The Morgan fingerprint density at radius 2 is 2.21 bits per heavy atom. The smallest absolute Gasteiger partial charge is 0.304 e. The van der Waals surface area contributed by atoms with Crippen LogP contribution in [0, 0.1) is 0 Å². The molecule has 14 heavy (non-hydrogen) atoms. The van der Waals surface area contributed by atoms with Crippen LogP contribution in [-0.4, -0.2) is 20.9 Å². The fraction of sp³-hybridized carbons (Fsp3) is 0.556. The number of hydrogen-bond acceptors (Lipinski definition) is 2. The molecular weight excluding hydrogens is 184 g/mol. The first-order chi connectivity index (χ1) is 6.33. The lowest BCUT2D eigenvalue weighted by Gasteiger charge is -2.20. The van der Waals surface area contributed by atoms with Crippen LogP contribution >= 0.6 is 0 Å². The summed E-state index contributed by atoms with van der Waals surface area (Å²) >= 11 is 0. The third-order valence-corrected chi connectivity index (χ3v) is 2.21. The van der Waals surface area contributed by atoms with Crippen molar-refractivity contribution < 1.29 is 9.90 Å². The molecule has 0 aliphatic carbocycles. The first-order valence-electron chi connectivity index (χ1n) is 4.31. The zero-order valence-electron chi connectivity index (χ0n) is 8.50. The van der Waals surface area contributed by atoms with E-state index in [0.717, 1.165) is 0 Å².